The second kappa shape index (κ2) is 9.26. The zero-order valence-electron chi connectivity index (χ0n) is 14.9. The second-order valence-electron chi connectivity index (χ2n) is 7.07. The summed E-state index contributed by atoms with van der Waals surface area (Å²) in [5, 5.41) is 12.5. The number of hydrogen-bond donors (Lipinski definition) is 3. The van der Waals surface area contributed by atoms with E-state index in [1.807, 2.05) is 18.2 Å². The normalized spacial score (nSPS) is 23.0. The van der Waals surface area contributed by atoms with E-state index in [0.29, 0.717) is 18.6 Å². The van der Waals surface area contributed by atoms with Gasteiger partial charge in [-0.05, 0) is 24.5 Å². The molecule has 4 nitrogen and oxygen atoms in total. The highest BCUT2D eigenvalue weighted by atomic mass is 16.5. The molecule has 1 atom stereocenters. The zero-order chi connectivity index (χ0) is 16.7. The predicted molar refractivity (Wildman–Crippen MR) is 93.1 cm³/mol. The minimum Gasteiger partial charge on any atom is -0.490 e. The van der Waals surface area contributed by atoms with Crippen molar-refractivity contribution in [3.63, 3.8) is 0 Å². The third-order valence-corrected chi connectivity index (χ3v) is 4.95. The van der Waals surface area contributed by atoms with Crippen LogP contribution in [-0.4, -0.2) is 50.0 Å². The van der Waals surface area contributed by atoms with E-state index in [2.05, 4.69) is 32.2 Å². The van der Waals surface area contributed by atoms with Crippen LogP contribution in [0.5, 0.6) is 5.75 Å². The Morgan fingerprint density at radius 1 is 1.26 bits per heavy atom. The molecule has 2 rings (SSSR count). The van der Waals surface area contributed by atoms with Gasteiger partial charge in [0.15, 0.2) is 0 Å². The molecule has 130 valence electrons. The highest BCUT2D eigenvalue weighted by molar-refractivity contribution is 5.35. The van der Waals surface area contributed by atoms with Gasteiger partial charge in [0.2, 0.25) is 0 Å². The Hall–Kier alpha value is -1.10. The summed E-state index contributed by atoms with van der Waals surface area (Å²) < 4.78 is 5.86. The lowest BCUT2D eigenvalue weighted by molar-refractivity contribution is -0.911. The van der Waals surface area contributed by atoms with Gasteiger partial charge in [-0.2, -0.15) is 0 Å². The lowest BCUT2D eigenvalue weighted by Crippen LogP contribution is -3.14. The molecule has 0 aromatic heterocycles. The Balaban J connectivity index is 1.70. The summed E-state index contributed by atoms with van der Waals surface area (Å²) in [6, 6.07) is 8.79. The molecule has 1 fully saturated rings. The third-order valence-electron chi connectivity index (χ3n) is 4.95. The molecule has 0 radical (unpaired) electrons. The topological polar surface area (TPSA) is 50.5 Å². The van der Waals surface area contributed by atoms with Gasteiger partial charge in [-0.15, -0.1) is 0 Å². The fraction of sp³-hybridized carbons (Fsp3) is 0.684. The maximum Gasteiger partial charge on any atom is 0.137 e. The number of rotatable bonds is 8. The zero-order valence-corrected chi connectivity index (χ0v) is 14.9. The van der Waals surface area contributed by atoms with Gasteiger partial charge in [-0.25, -0.2) is 0 Å². The molecular formula is C19H34N2O2+2. The summed E-state index contributed by atoms with van der Waals surface area (Å²) >= 11 is 0. The van der Waals surface area contributed by atoms with Crippen LogP contribution in [0, 0.1) is 0 Å². The molecule has 4 N–H and O–H groups in total. The maximum atomic E-state index is 10.2. The van der Waals surface area contributed by atoms with E-state index in [4.69, 9.17) is 4.74 Å². The van der Waals surface area contributed by atoms with E-state index in [-0.39, 0.29) is 0 Å². The van der Waals surface area contributed by atoms with Crippen molar-refractivity contribution in [2.24, 2.45) is 0 Å². The standard InChI is InChI=1S/C19H32N2O2/c1-4-21-11-9-16(10-12-21)20-13-17(22)14-23-19-8-6-5-7-18(19)15(2)3/h5-8,15-17,20,22H,4,9-14H2,1-3H3/p+2/t17-/m0/s1. The lowest BCUT2D eigenvalue weighted by atomic mass is 10.0. The van der Waals surface area contributed by atoms with Crippen LogP contribution in [0.25, 0.3) is 0 Å². The van der Waals surface area contributed by atoms with E-state index < -0.39 is 6.10 Å². The molecule has 0 unspecified atom stereocenters. The largest absolute Gasteiger partial charge is 0.490 e. The summed E-state index contributed by atoms with van der Waals surface area (Å²) in [5.41, 5.74) is 1.21. The Bertz CT molecular complexity index is 456. The van der Waals surface area contributed by atoms with E-state index in [9.17, 15) is 5.11 Å². The number of benzene rings is 1. The van der Waals surface area contributed by atoms with Crippen LogP contribution < -0.4 is 15.0 Å². The van der Waals surface area contributed by atoms with Crippen LogP contribution in [-0.2, 0) is 0 Å². The molecule has 1 heterocycles. The number of likely N-dealkylation sites (tertiary alicyclic amines) is 1. The Morgan fingerprint density at radius 3 is 2.61 bits per heavy atom. The number of quaternary nitrogens is 2. The molecule has 23 heavy (non-hydrogen) atoms. The van der Waals surface area contributed by atoms with Crippen LogP contribution in [0.2, 0.25) is 0 Å². The van der Waals surface area contributed by atoms with Crippen molar-refractivity contribution in [1.82, 2.24) is 0 Å². The van der Waals surface area contributed by atoms with Gasteiger partial charge in [0.05, 0.1) is 25.7 Å². The molecule has 0 saturated carbocycles. The fourth-order valence-corrected chi connectivity index (χ4v) is 3.33. The van der Waals surface area contributed by atoms with E-state index in [0.717, 1.165) is 12.3 Å². The molecule has 1 aromatic carbocycles. The summed E-state index contributed by atoms with van der Waals surface area (Å²) in [5.74, 6) is 1.34. The van der Waals surface area contributed by atoms with Gasteiger partial charge >= 0.3 is 0 Å². The molecule has 0 aliphatic carbocycles. The maximum absolute atomic E-state index is 10.2. The summed E-state index contributed by atoms with van der Waals surface area (Å²) in [6.45, 7) is 11.5. The first-order valence-corrected chi connectivity index (χ1v) is 9.16. The number of aliphatic hydroxyl groups excluding tert-OH is 1. The molecule has 1 aliphatic rings. The Morgan fingerprint density at radius 2 is 1.96 bits per heavy atom. The summed E-state index contributed by atoms with van der Waals surface area (Å²) in [7, 11) is 0. The summed E-state index contributed by atoms with van der Waals surface area (Å²) in [4.78, 5) is 1.71. The molecule has 0 spiro atoms. The van der Waals surface area contributed by atoms with Crippen LogP contribution in [0.3, 0.4) is 0 Å². The third kappa shape index (κ3) is 5.79. The van der Waals surface area contributed by atoms with Gasteiger partial charge in [0.1, 0.15) is 25.0 Å². The molecule has 1 saturated heterocycles. The second-order valence-corrected chi connectivity index (χ2v) is 7.07. The van der Waals surface area contributed by atoms with Gasteiger partial charge < -0.3 is 20.1 Å². The van der Waals surface area contributed by atoms with Crippen molar-refractivity contribution in [2.75, 3.05) is 32.8 Å². The number of ether oxygens (including phenoxy) is 1. The van der Waals surface area contributed by atoms with Crippen molar-refractivity contribution >= 4 is 0 Å². The summed E-state index contributed by atoms with van der Waals surface area (Å²) in [6.07, 6.45) is 2.10. The number of piperidine rings is 1. The first-order valence-electron chi connectivity index (χ1n) is 9.16. The minimum atomic E-state index is -0.410. The van der Waals surface area contributed by atoms with Gasteiger partial charge in [-0.3, -0.25) is 0 Å². The average molecular weight is 322 g/mol. The lowest BCUT2D eigenvalue weighted by Gasteiger charge is -2.27. The van der Waals surface area contributed by atoms with Gasteiger partial charge in [0.25, 0.3) is 0 Å². The number of nitrogens with one attached hydrogen (secondary N) is 1. The minimum absolute atomic E-state index is 0.374. The number of aliphatic hydroxyl groups is 1. The SMILES string of the molecule is CC[NH+]1CCC([NH2+]C[C@H](O)COc2ccccc2C(C)C)CC1. The number of hydrogen-bond acceptors (Lipinski definition) is 2. The van der Waals surface area contributed by atoms with Crippen molar-refractivity contribution in [2.45, 2.75) is 51.7 Å². The Labute approximate surface area is 140 Å². The van der Waals surface area contributed by atoms with E-state index in [1.165, 1.54) is 38.0 Å². The van der Waals surface area contributed by atoms with Crippen molar-refractivity contribution < 1.29 is 20.1 Å². The molecule has 4 heteroatoms. The fourth-order valence-electron chi connectivity index (χ4n) is 3.33. The number of nitrogens with two attached hydrogens (primary N) is 1. The van der Waals surface area contributed by atoms with Crippen LogP contribution in [0.1, 0.15) is 45.1 Å². The highest BCUT2D eigenvalue weighted by Gasteiger charge is 2.24. The first-order chi connectivity index (χ1) is 11.1. The molecular weight excluding hydrogens is 288 g/mol. The highest BCUT2D eigenvalue weighted by Crippen LogP contribution is 2.25. The molecule has 0 amide bonds. The Kier molecular flexibility index (Phi) is 7.34. The number of para-hydroxylation sites is 1. The molecule has 0 bridgehead atoms. The van der Waals surface area contributed by atoms with Crippen LogP contribution in [0.15, 0.2) is 24.3 Å². The van der Waals surface area contributed by atoms with Gasteiger partial charge in [0, 0.05) is 12.8 Å². The van der Waals surface area contributed by atoms with E-state index >= 15 is 0 Å². The van der Waals surface area contributed by atoms with Crippen LogP contribution >= 0.6 is 0 Å². The van der Waals surface area contributed by atoms with Gasteiger partial charge in [-0.1, -0.05) is 32.0 Å². The van der Waals surface area contributed by atoms with Crippen molar-refractivity contribution in [3.05, 3.63) is 29.8 Å². The molecule has 1 aliphatic heterocycles. The van der Waals surface area contributed by atoms with Crippen molar-refractivity contribution in [1.29, 1.82) is 0 Å². The van der Waals surface area contributed by atoms with Crippen molar-refractivity contribution in [3.8, 4) is 5.75 Å². The van der Waals surface area contributed by atoms with Crippen LogP contribution in [0.4, 0.5) is 0 Å². The smallest absolute Gasteiger partial charge is 0.137 e. The quantitative estimate of drug-likeness (QED) is 0.639. The monoisotopic (exact) mass is 322 g/mol. The van der Waals surface area contributed by atoms with E-state index in [1.54, 1.807) is 4.90 Å². The molecule has 1 aromatic rings. The average Bonchev–Trinajstić information content (AvgIpc) is 2.58. The first kappa shape index (κ1) is 18.2. The predicted octanol–water partition coefficient (Wildman–Crippen LogP) is 0.180.